The number of rotatable bonds is 5. The van der Waals surface area contributed by atoms with Gasteiger partial charge in [0.15, 0.2) is 5.11 Å². The second-order valence-corrected chi connectivity index (χ2v) is 8.13. The van der Waals surface area contributed by atoms with Crippen LogP contribution in [-0.4, -0.2) is 32.3 Å². The average Bonchev–Trinajstić information content (AvgIpc) is 2.73. The minimum absolute atomic E-state index is 0.00217. The number of nitrogens with zero attached hydrogens (tertiary/aromatic N) is 1. The van der Waals surface area contributed by atoms with E-state index in [0.29, 0.717) is 4.88 Å². The van der Waals surface area contributed by atoms with Gasteiger partial charge in [-0.2, -0.15) is 5.26 Å². The van der Waals surface area contributed by atoms with Gasteiger partial charge in [0.2, 0.25) is 0 Å². The molecular weight excluding hydrogens is 372 g/mol. The Kier molecular flexibility index (Phi) is 6.94. The van der Waals surface area contributed by atoms with Crippen molar-refractivity contribution in [3.63, 3.8) is 0 Å². The van der Waals surface area contributed by atoms with E-state index in [1.54, 1.807) is 27.7 Å². The summed E-state index contributed by atoms with van der Waals surface area (Å²) in [5, 5.41) is 14.3. The molecule has 0 spiro atoms. The largest absolute Gasteiger partial charge is 0.450 e. The summed E-state index contributed by atoms with van der Waals surface area (Å²) in [6.45, 7) is 6.93. The van der Waals surface area contributed by atoms with E-state index in [1.807, 2.05) is 6.07 Å². The van der Waals surface area contributed by atoms with Gasteiger partial charge in [-0.05, 0) is 39.9 Å². The lowest BCUT2D eigenvalue weighted by molar-refractivity contribution is 0.168. The van der Waals surface area contributed by atoms with Crippen molar-refractivity contribution in [1.29, 1.82) is 5.26 Å². The molecule has 1 amide bonds. The number of hydrogen-bond acceptors (Lipinski definition) is 7. The first kappa shape index (κ1) is 20.1. The lowest BCUT2D eigenvalue weighted by atomic mass is 10.3. The van der Waals surface area contributed by atoms with Crippen LogP contribution in [0.4, 0.5) is 9.80 Å². The van der Waals surface area contributed by atoms with Crippen molar-refractivity contribution in [1.82, 2.24) is 10.0 Å². The Morgan fingerprint density at radius 3 is 2.58 bits per heavy atom. The molecular formula is C13H18N4O4S3. The van der Waals surface area contributed by atoms with E-state index in [2.05, 4.69) is 15.4 Å². The minimum atomic E-state index is -4.15. The average molecular weight is 391 g/mol. The zero-order valence-electron chi connectivity index (χ0n) is 13.6. The van der Waals surface area contributed by atoms with E-state index < -0.39 is 16.1 Å². The molecule has 3 N–H and O–H groups in total. The quantitative estimate of drug-likeness (QED) is 0.658. The van der Waals surface area contributed by atoms with Crippen molar-refractivity contribution in [2.75, 3.05) is 11.9 Å². The number of anilines is 1. The molecule has 0 unspecified atom stereocenters. The highest BCUT2D eigenvalue weighted by Gasteiger charge is 2.29. The number of hydrogen-bond donors (Lipinski definition) is 3. The molecule has 0 saturated carbocycles. The summed E-state index contributed by atoms with van der Waals surface area (Å²) in [6, 6.07) is 1.77. The lowest BCUT2D eigenvalue weighted by Gasteiger charge is -2.14. The normalized spacial score (nSPS) is 10.8. The number of carbonyl (C=O) groups is 1. The van der Waals surface area contributed by atoms with E-state index in [0.717, 1.165) is 11.3 Å². The molecule has 24 heavy (non-hydrogen) atoms. The summed E-state index contributed by atoms with van der Waals surface area (Å²) < 4.78 is 32.1. The number of aryl methyl sites for hydroxylation is 1. The van der Waals surface area contributed by atoms with Crippen molar-refractivity contribution >= 4 is 49.8 Å². The Balaban J connectivity index is 3.27. The van der Waals surface area contributed by atoms with Gasteiger partial charge >= 0.3 is 6.09 Å². The smallest absolute Gasteiger partial charge is 0.412 e. The molecule has 0 bridgehead atoms. The summed E-state index contributed by atoms with van der Waals surface area (Å²) >= 11 is 5.91. The molecule has 0 aliphatic rings. The van der Waals surface area contributed by atoms with Gasteiger partial charge in [-0.15, -0.1) is 11.3 Å². The van der Waals surface area contributed by atoms with Crippen molar-refractivity contribution < 1.29 is 17.9 Å². The highest BCUT2D eigenvalue weighted by atomic mass is 32.2. The Morgan fingerprint density at radius 2 is 2.08 bits per heavy atom. The van der Waals surface area contributed by atoms with Gasteiger partial charge in [0.1, 0.15) is 16.0 Å². The van der Waals surface area contributed by atoms with Crippen molar-refractivity contribution in [2.24, 2.45) is 0 Å². The predicted molar refractivity (Wildman–Crippen MR) is 95.6 cm³/mol. The third kappa shape index (κ3) is 5.05. The Bertz CT molecular complexity index is 778. The van der Waals surface area contributed by atoms with Gasteiger partial charge in [0.25, 0.3) is 10.0 Å². The van der Waals surface area contributed by atoms with E-state index in [4.69, 9.17) is 17.0 Å². The summed E-state index contributed by atoms with van der Waals surface area (Å²) in [4.78, 5) is 11.7. The molecule has 0 aromatic carbocycles. The van der Waals surface area contributed by atoms with Crippen LogP contribution in [0.15, 0.2) is 4.90 Å². The van der Waals surface area contributed by atoms with Gasteiger partial charge in [-0.3, -0.25) is 10.0 Å². The Morgan fingerprint density at radius 1 is 1.46 bits per heavy atom. The fourth-order valence-corrected chi connectivity index (χ4v) is 4.85. The van der Waals surface area contributed by atoms with Crippen molar-refractivity contribution in [2.45, 2.75) is 38.6 Å². The van der Waals surface area contributed by atoms with Crippen LogP contribution in [0.3, 0.4) is 0 Å². The van der Waals surface area contributed by atoms with Gasteiger partial charge < -0.3 is 10.1 Å². The first-order valence-electron chi connectivity index (χ1n) is 6.92. The fraction of sp³-hybridized carbons (Fsp3) is 0.462. The molecule has 11 heteroatoms. The molecule has 8 nitrogen and oxygen atoms in total. The molecule has 1 rings (SSSR count). The lowest BCUT2D eigenvalue weighted by Crippen LogP contribution is -2.42. The number of nitriles is 1. The zero-order valence-corrected chi connectivity index (χ0v) is 16.0. The van der Waals surface area contributed by atoms with Crippen LogP contribution in [0, 0.1) is 18.3 Å². The SMILES string of the molecule is CCOC(=O)Nc1sc(C)c(C#N)c1S(=O)(=O)NC(=S)NC(C)C. The molecule has 0 atom stereocenters. The molecule has 1 aromatic heterocycles. The third-order valence-electron chi connectivity index (χ3n) is 2.56. The Hall–Kier alpha value is -1.90. The maximum Gasteiger partial charge on any atom is 0.412 e. The third-order valence-corrected chi connectivity index (χ3v) is 5.48. The van der Waals surface area contributed by atoms with Crippen molar-refractivity contribution in [3.05, 3.63) is 10.4 Å². The number of thiocarbonyl (C=S) groups is 1. The van der Waals surface area contributed by atoms with Crippen LogP contribution in [0.1, 0.15) is 31.2 Å². The highest BCUT2D eigenvalue weighted by molar-refractivity contribution is 7.92. The number of thiophene rings is 1. The van der Waals surface area contributed by atoms with Crippen LogP contribution in [0.25, 0.3) is 0 Å². The van der Waals surface area contributed by atoms with E-state index in [1.165, 1.54) is 0 Å². The summed E-state index contributed by atoms with van der Waals surface area (Å²) in [6.07, 6.45) is -0.803. The summed E-state index contributed by atoms with van der Waals surface area (Å²) in [5.74, 6) is 0. The zero-order chi connectivity index (χ0) is 18.5. The molecule has 0 fully saturated rings. The first-order chi connectivity index (χ1) is 11.1. The minimum Gasteiger partial charge on any atom is -0.450 e. The summed E-state index contributed by atoms with van der Waals surface area (Å²) in [5.41, 5.74) is -0.0494. The molecule has 0 aliphatic heterocycles. The van der Waals surface area contributed by atoms with E-state index >= 15 is 0 Å². The fourth-order valence-electron chi connectivity index (χ4n) is 1.72. The number of carbonyl (C=O) groups excluding carboxylic acids is 1. The van der Waals surface area contributed by atoms with Crippen LogP contribution >= 0.6 is 23.6 Å². The number of amides is 1. The van der Waals surface area contributed by atoms with E-state index in [9.17, 15) is 18.5 Å². The van der Waals surface area contributed by atoms with Crippen LogP contribution in [-0.2, 0) is 14.8 Å². The van der Waals surface area contributed by atoms with Crippen molar-refractivity contribution in [3.8, 4) is 6.07 Å². The topological polar surface area (TPSA) is 120 Å². The molecule has 0 aliphatic carbocycles. The van der Waals surface area contributed by atoms with E-state index in [-0.39, 0.29) is 33.2 Å². The molecule has 132 valence electrons. The highest BCUT2D eigenvalue weighted by Crippen LogP contribution is 2.36. The van der Waals surface area contributed by atoms with Crippen LogP contribution in [0.2, 0.25) is 0 Å². The van der Waals surface area contributed by atoms with Crippen LogP contribution < -0.4 is 15.4 Å². The molecule has 0 saturated heterocycles. The maximum atomic E-state index is 12.6. The monoisotopic (exact) mass is 390 g/mol. The standard InChI is InChI=1S/C13H18N4O4S3/c1-5-21-13(18)16-11-10(9(6-14)8(4)23-11)24(19,20)17-12(22)15-7(2)3/h7H,5H2,1-4H3,(H,16,18)(H2,15,17,22). The van der Waals surface area contributed by atoms with Crippen LogP contribution in [0.5, 0.6) is 0 Å². The second kappa shape index (κ2) is 8.27. The second-order valence-electron chi connectivity index (χ2n) is 4.88. The molecule has 0 radical (unpaired) electrons. The number of ether oxygens (including phenoxy) is 1. The Labute approximate surface area is 150 Å². The predicted octanol–water partition coefficient (Wildman–Crippen LogP) is 2.06. The van der Waals surface area contributed by atoms with Gasteiger partial charge in [0.05, 0.1) is 12.2 Å². The first-order valence-corrected chi connectivity index (χ1v) is 9.63. The van der Waals surface area contributed by atoms with Gasteiger partial charge in [-0.1, -0.05) is 0 Å². The number of sulfonamides is 1. The summed E-state index contributed by atoms with van der Waals surface area (Å²) in [7, 11) is -4.15. The molecule has 1 heterocycles. The number of nitrogens with one attached hydrogen (secondary N) is 3. The molecule has 1 aromatic rings. The maximum absolute atomic E-state index is 12.6. The van der Waals surface area contributed by atoms with Gasteiger partial charge in [0, 0.05) is 10.9 Å². The van der Waals surface area contributed by atoms with Gasteiger partial charge in [-0.25, -0.2) is 13.2 Å².